The monoisotopic (exact) mass is 389 g/mol. The van der Waals surface area contributed by atoms with E-state index in [2.05, 4.69) is 33.9 Å². The standard InChI is InChI=1S/C19H39NO5Si/c1-18(2,3)25-17(22)20(7)15(12-11-13-16(21)23-8)14-24-26(9,10)19(4,5)6/h15H,11-14H2,1-10H3/t15-/m0/s1. The molecule has 0 aromatic heterocycles. The zero-order valence-corrected chi connectivity index (χ0v) is 19.4. The highest BCUT2D eigenvalue weighted by atomic mass is 28.4. The van der Waals surface area contributed by atoms with Crippen LogP contribution in [0.5, 0.6) is 0 Å². The van der Waals surface area contributed by atoms with Crippen molar-refractivity contribution in [1.82, 2.24) is 4.90 Å². The van der Waals surface area contributed by atoms with E-state index in [1.165, 1.54) is 7.11 Å². The third-order valence-corrected chi connectivity index (χ3v) is 9.32. The van der Waals surface area contributed by atoms with Gasteiger partial charge in [-0.1, -0.05) is 20.8 Å². The van der Waals surface area contributed by atoms with Gasteiger partial charge in [-0.3, -0.25) is 4.79 Å². The molecule has 0 radical (unpaired) electrons. The third-order valence-electron chi connectivity index (χ3n) is 4.82. The minimum atomic E-state index is -1.93. The Hall–Kier alpha value is -1.08. The van der Waals surface area contributed by atoms with Gasteiger partial charge < -0.3 is 18.8 Å². The molecule has 0 aromatic carbocycles. The van der Waals surface area contributed by atoms with Crippen molar-refractivity contribution in [1.29, 1.82) is 0 Å². The number of methoxy groups -OCH3 is 1. The topological polar surface area (TPSA) is 65.1 Å². The lowest BCUT2D eigenvalue weighted by atomic mass is 10.1. The molecule has 26 heavy (non-hydrogen) atoms. The first-order valence-corrected chi connectivity index (χ1v) is 12.2. The number of hydrogen-bond acceptors (Lipinski definition) is 5. The Labute approximate surface area is 160 Å². The minimum Gasteiger partial charge on any atom is -0.469 e. The van der Waals surface area contributed by atoms with Crippen molar-refractivity contribution >= 4 is 20.4 Å². The second-order valence-corrected chi connectivity index (χ2v) is 14.1. The van der Waals surface area contributed by atoms with E-state index in [-0.39, 0.29) is 23.1 Å². The van der Waals surface area contributed by atoms with Crippen molar-refractivity contribution in [3.63, 3.8) is 0 Å². The van der Waals surface area contributed by atoms with E-state index in [0.29, 0.717) is 25.9 Å². The van der Waals surface area contributed by atoms with E-state index in [9.17, 15) is 9.59 Å². The van der Waals surface area contributed by atoms with Crippen LogP contribution in [-0.4, -0.2) is 57.7 Å². The highest BCUT2D eigenvalue weighted by molar-refractivity contribution is 6.74. The van der Waals surface area contributed by atoms with Crippen LogP contribution in [0.25, 0.3) is 0 Å². The average molecular weight is 390 g/mol. The molecule has 0 rings (SSSR count). The fraction of sp³-hybridized carbons (Fsp3) is 0.895. The van der Waals surface area contributed by atoms with Crippen LogP contribution < -0.4 is 0 Å². The zero-order chi connectivity index (χ0) is 20.8. The summed E-state index contributed by atoms with van der Waals surface area (Å²) in [5.41, 5.74) is -0.553. The number of ether oxygens (including phenoxy) is 2. The number of nitrogens with zero attached hydrogens (tertiary/aromatic N) is 1. The first-order valence-electron chi connectivity index (χ1n) is 9.27. The van der Waals surface area contributed by atoms with Gasteiger partial charge in [-0.25, -0.2) is 4.79 Å². The minimum absolute atomic E-state index is 0.0913. The lowest BCUT2D eigenvalue weighted by Gasteiger charge is -2.39. The number of carbonyl (C=O) groups is 2. The van der Waals surface area contributed by atoms with E-state index < -0.39 is 13.9 Å². The molecule has 0 heterocycles. The molecule has 1 atom stereocenters. The summed E-state index contributed by atoms with van der Waals surface area (Å²) in [6, 6.07) is -0.149. The maximum absolute atomic E-state index is 12.4. The first-order chi connectivity index (χ1) is 11.6. The summed E-state index contributed by atoms with van der Waals surface area (Å²) in [7, 11) is 1.18. The molecule has 0 saturated heterocycles. The Morgan fingerprint density at radius 2 is 1.62 bits per heavy atom. The van der Waals surface area contributed by atoms with Crippen molar-refractivity contribution in [2.24, 2.45) is 0 Å². The number of carbonyl (C=O) groups excluding carboxylic acids is 2. The molecule has 7 heteroatoms. The van der Waals surface area contributed by atoms with E-state index in [4.69, 9.17) is 13.9 Å². The molecule has 0 fully saturated rings. The van der Waals surface area contributed by atoms with Crippen molar-refractivity contribution in [2.75, 3.05) is 20.8 Å². The molecule has 0 aliphatic rings. The van der Waals surface area contributed by atoms with Gasteiger partial charge in [0.1, 0.15) is 5.60 Å². The molecular formula is C19H39NO5Si. The van der Waals surface area contributed by atoms with Crippen LogP contribution in [0.3, 0.4) is 0 Å². The number of esters is 1. The maximum atomic E-state index is 12.4. The van der Waals surface area contributed by atoms with E-state index in [0.717, 1.165) is 0 Å². The van der Waals surface area contributed by atoms with Gasteiger partial charge in [-0.2, -0.15) is 0 Å². The summed E-state index contributed by atoms with van der Waals surface area (Å²) in [4.78, 5) is 25.4. The third kappa shape index (κ3) is 9.03. The first kappa shape index (κ1) is 24.9. The van der Waals surface area contributed by atoms with Gasteiger partial charge in [0.2, 0.25) is 0 Å². The van der Waals surface area contributed by atoms with E-state index in [1.807, 2.05) is 20.8 Å². The summed E-state index contributed by atoms with van der Waals surface area (Å²) < 4.78 is 16.5. The van der Waals surface area contributed by atoms with Crippen LogP contribution in [0.15, 0.2) is 0 Å². The van der Waals surface area contributed by atoms with E-state index in [1.54, 1.807) is 11.9 Å². The smallest absolute Gasteiger partial charge is 0.410 e. The summed E-state index contributed by atoms with van der Waals surface area (Å²) in [5.74, 6) is -0.242. The normalized spacial score (nSPS) is 13.9. The second-order valence-electron chi connectivity index (χ2n) is 9.28. The van der Waals surface area contributed by atoms with Crippen LogP contribution >= 0.6 is 0 Å². The largest absolute Gasteiger partial charge is 0.469 e. The quantitative estimate of drug-likeness (QED) is 0.449. The lowest BCUT2D eigenvalue weighted by Crippen LogP contribution is -2.47. The maximum Gasteiger partial charge on any atom is 0.410 e. The van der Waals surface area contributed by atoms with Gasteiger partial charge in [0.05, 0.1) is 19.8 Å². The molecular weight excluding hydrogens is 350 g/mol. The van der Waals surface area contributed by atoms with Gasteiger partial charge in [0, 0.05) is 13.5 Å². The Balaban J connectivity index is 5.04. The van der Waals surface area contributed by atoms with Crippen molar-refractivity contribution < 1.29 is 23.5 Å². The molecule has 0 unspecified atom stereocenters. The Kier molecular flexibility index (Phi) is 9.33. The van der Waals surface area contributed by atoms with Crippen LogP contribution in [0.2, 0.25) is 18.1 Å². The summed E-state index contributed by atoms with van der Waals surface area (Å²) in [6.07, 6.45) is 1.24. The molecule has 0 bridgehead atoms. The molecule has 154 valence electrons. The second kappa shape index (κ2) is 9.74. The predicted octanol–water partition coefficient (Wildman–Crippen LogP) is 4.59. The number of hydrogen-bond donors (Lipinski definition) is 0. The highest BCUT2D eigenvalue weighted by Crippen LogP contribution is 2.36. The van der Waals surface area contributed by atoms with Gasteiger partial charge in [0.15, 0.2) is 8.32 Å². The fourth-order valence-electron chi connectivity index (χ4n) is 1.98. The average Bonchev–Trinajstić information content (AvgIpc) is 2.46. The van der Waals surface area contributed by atoms with Gasteiger partial charge in [-0.15, -0.1) is 0 Å². The van der Waals surface area contributed by atoms with Gasteiger partial charge in [0.25, 0.3) is 0 Å². The Morgan fingerprint density at radius 1 is 1.08 bits per heavy atom. The fourth-order valence-corrected chi connectivity index (χ4v) is 3.02. The zero-order valence-electron chi connectivity index (χ0n) is 18.4. The van der Waals surface area contributed by atoms with Crippen LogP contribution in [0.4, 0.5) is 4.79 Å². The molecule has 0 saturated carbocycles. The molecule has 1 amide bonds. The van der Waals surface area contributed by atoms with Crippen LogP contribution in [0, 0.1) is 0 Å². The molecule has 0 N–H and O–H groups in total. The molecule has 0 aliphatic heterocycles. The highest BCUT2D eigenvalue weighted by Gasteiger charge is 2.38. The summed E-state index contributed by atoms with van der Waals surface area (Å²) in [6.45, 7) is 16.9. The Bertz CT molecular complexity index is 466. The van der Waals surface area contributed by atoms with Gasteiger partial charge >= 0.3 is 12.1 Å². The number of amides is 1. The molecule has 0 aliphatic carbocycles. The molecule has 0 aromatic rings. The van der Waals surface area contributed by atoms with Crippen LogP contribution in [0.1, 0.15) is 60.8 Å². The molecule has 0 spiro atoms. The van der Waals surface area contributed by atoms with Crippen molar-refractivity contribution in [3.8, 4) is 0 Å². The summed E-state index contributed by atoms with van der Waals surface area (Å²) in [5, 5.41) is 0.0913. The Morgan fingerprint density at radius 3 is 2.04 bits per heavy atom. The van der Waals surface area contributed by atoms with Gasteiger partial charge in [-0.05, 0) is 51.7 Å². The molecule has 6 nitrogen and oxygen atoms in total. The predicted molar refractivity (Wildman–Crippen MR) is 107 cm³/mol. The number of rotatable bonds is 8. The van der Waals surface area contributed by atoms with Crippen molar-refractivity contribution in [2.45, 2.75) is 90.6 Å². The van der Waals surface area contributed by atoms with Crippen molar-refractivity contribution in [3.05, 3.63) is 0 Å². The van der Waals surface area contributed by atoms with Crippen LogP contribution in [-0.2, 0) is 18.7 Å². The number of likely N-dealkylation sites (N-methyl/N-ethyl adjacent to an activating group) is 1. The summed E-state index contributed by atoms with van der Waals surface area (Å²) >= 11 is 0. The lowest BCUT2D eigenvalue weighted by molar-refractivity contribution is -0.140. The SMILES string of the molecule is COC(=O)CCC[C@@H](CO[Si](C)(C)C(C)(C)C)N(C)C(=O)OC(C)(C)C. The van der Waals surface area contributed by atoms with E-state index >= 15 is 0 Å².